The van der Waals surface area contributed by atoms with Crippen LogP contribution in [0.25, 0.3) is 11.0 Å². The summed E-state index contributed by atoms with van der Waals surface area (Å²) in [6.45, 7) is 6.66. The van der Waals surface area contributed by atoms with Gasteiger partial charge in [0.05, 0.1) is 20.3 Å². The number of nitrogens with zero attached hydrogens (tertiary/aromatic N) is 1. The van der Waals surface area contributed by atoms with Crippen molar-refractivity contribution in [3.05, 3.63) is 98.4 Å². The lowest BCUT2D eigenvalue weighted by molar-refractivity contribution is 0.0589. The molecule has 1 amide bonds. The minimum absolute atomic E-state index is 0.0535. The zero-order valence-corrected chi connectivity index (χ0v) is 22.3. The molecule has 0 saturated carbocycles. The van der Waals surface area contributed by atoms with Crippen molar-refractivity contribution in [2.24, 2.45) is 0 Å². The van der Waals surface area contributed by atoms with Gasteiger partial charge in [-0.1, -0.05) is 6.07 Å². The summed E-state index contributed by atoms with van der Waals surface area (Å²) in [6.07, 6.45) is 0.684. The standard InChI is InChI=1S/C31H31NO6/c1-18-6-7-22(12-19(18)2)31(34)32-11-10-21-14-28(35-4)29(36-5)16-25(21)26(32)17-37-23-8-9-24-20(3)13-30(33)38-27(24)15-23/h6-9,12-16,26H,10-11,17H2,1-5H3/t26-/m0/s1. The van der Waals surface area contributed by atoms with E-state index >= 15 is 0 Å². The summed E-state index contributed by atoms with van der Waals surface area (Å²) < 4.78 is 22.8. The highest BCUT2D eigenvalue weighted by Gasteiger charge is 2.33. The third kappa shape index (κ3) is 4.72. The summed E-state index contributed by atoms with van der Waals surface area (Å²) in [5.74, 6) is 1.75. The molecule has 3 aromatic carbocycles. The number of ether oxygens (including phenoxy) is 3. The van der Waals surface area contributed by atoms with Gasteiger partial charge in [0, 0.05) is 29.6 Å². The summed E-state index contributed by atoms with van der Waals surface area (Å²) in [5.41, 5.74) is 5.79. The Bertz CT molecular complexity index is 1590. The van der Waals surface area contributed by atoms with Gasteiger partial charge < -0.3 is 23.5 Å². The van der Waals surface area contributed by atoms with Gasteiger partial charge in [-0.25, -0.2) is 4.79 Å². The molecule has 1 aliphatic heterocycles. The van der Waals surface area contributed by atoms with Crippen LogP contribution in [0.4, 0.5) is 0 Å². The van der Waals surface area contributed by atoms with Crippen molar-refractivity contribution < 1.29 is 23.4 Å². The molecule has 4 aromatic rings. The summed E-state index contributed by atoms with van der Waals surface area (Å²) in [5, 5.41) is 0.850. The van der Waals surface area contributed by atoms with Gasteiger partial charge in [-0.15, -0.1) is 0 Å². The molecule has 0 N–H and O–H groups in total. The third-order valence-corrected chi connectivity index (χ3v) is 7.35. The maximum atomic E-state index is 13.8. The van der Waals surface area contributed by atoms with Crippen molar-refractivity contribution in [3.8, 4) is 17.2 Å². The molecular weight excluding hydrogens is 482 g/mol. The Labute approximate surface area is 221 Å². The van der Waals surface area contributed by atoms with Gasteiger partial charge in [0.15, 0.2) is 11.5 Å². The first-order valence-corrected chi connectivity index (χ1v) is 12.6. The Balaban J connectivity index is 1.52. The topological polar surface area (TPSA) is 78.2 Å². The Morgan fingerprint density at radius 2 is 1.68 bits per heavy atom. The van der Waals surface area contributed by atoms with E-state index < -0.39 is 5.63 Å². The number of aryl methyl sites for hydroxylation is 3. The molecule has 0 spiro atoms. The molecule has 1 atom stereocenters. The number of carbonyl (C=O) groups excluding carboxylic acids is 1. The average molecular weight is 514 g/mol. The van der Waals surface area contributed by atoms with Gasteiger partial charge in [-0.2, -0.15) is 0 Å². The van der Waals surface area contributed by atoms with Gasteiger partial charge in [0.25, 0.3) is 5.91 Å². The predicted octanol–water partition coefficient (Wildman–Crippen LogP) is 5.55. The number of methoxy groups -OCH3 is 2. The van der Waals surface area contributed by atoms with Crippen LogP contribution in [0.1, 0.15) is 44.2 Å². The van der Waals surface area contributed by atoms with Gasteiger partial charge in [-0.05, 0) is 91.4 Å². The molecular formula is C31H31NO6. The van der Waals surface area contributed by atoms with Crippen LogP contribution >= 0.6 is 0 Å². The minimum Gasteiger partial charge on any atom is -0.493 e. The van der Waals surface area contributed by atoms with Crippen LogP contribution in [-0.2, 0) is 6.42 Å². The molecule has 38 heavy (non-hydrogen) atoms. The minimum atomic E-state index is -0.403. The number of hydrogen-bond donors (Lipinski definition) is 0. The normalized spacial score (nSPS) is 14.8. The molecule has 7 nitrogen and oxygen atoms in total. The maximum absolute atomic E-state index is 13.8. The number of rotatable bonds is 6. The molecule has 0 radical (unpaired) electrons. The van der Waals surface area contributed by atoms with Crippen molar-refractivity contribution in [1.29, 1.82) is 0 Å². The number of hydrogen-bond acceptors (Lipinski definition) is 6. The monoisotopic (exact) mass is 513 g/mol. The molecule has 0 saturated heterocycles. The fourth-order valence-electron chi connectivity index (χ4n) is 5.06. The largest absolute Gasteiger partial charge is 0.493 e. The van der Waals surface area contributed by atoms with Crippen molar-refractivity contribution in [2.45, 2.75) is 33.2 Å². The zero-order valence-electron chi connectivity index (χ0n) is 22.3. The van der Waals surface area contributed by atoms with Crippen LogP contribution in [0.2, 0.25) is 0 Å². The summed E-state index contributed by atoms with van der Waals surface area (Å²) in [7, 11) is 3.21. The maximum Gasteiger partial charge on any atom is 0.336 e. The number of carbonyl (C=O) groups is 1. The zero-order chi connectivity index (χ0) is 27.0. The second-order valence-corrected chi connectivity index (χ2v) is 9.69. The first-order valence-electron chi connectivity index (χ1n) is 12.6. The molecule has 7 heteroatoms. The fourth-order valence-corrected chi connectivity index (χ4v) is 5.06. The first kappa shape index (κ1) is 25.4. The van der Waals surface area contributed by atoms with Crippen LogP contribution in [0.5, 0.6) is 17.2 Å². The lowest BCUT2D eigenvalue weighted by Crippen LogP contribution is -2.42. The Morgan fingerprint density at radius 1 is 0.921 bits per heavy atom. The van der Waals surface area contributed by atoms with Crippen molar-refractivity contribution in [3.63, 3.8) is 0 Å². The number of amides is 1. The van der Waals surface area contributed by atoms with Crippen LogP contribution in [0, 0.1) is 20.8 Å². The summed E-state index contributed by atoms with van der Waals surface area (Å²) in [6, 6.07) is 16.3. The second kappa shape index (κ2) is 10.2. The van der Waals surface area contributed by atoms with E-state index in [2.05, 4.69) is 0 Å². The molecule has 1 aromatic heterocycles. The highest BCUT2D eigenvalue weighted by molar-refractivity contribution is 5.95. The predicted molar refractivity (Wildman–Crippen MR) is 146 cm³/mol. The fraction of sp³-hybridized carbons (Fsp3) is 0.290. The molecule has 5 rings (SSSR count). The Hall–Kier alpha value is -4.26. The van der Waals surface area contributed by atoms with Crippen LogP contribution in [0.3, 0.4) is 0 Å². The lowest BCUT2D eigenvalue weighted by atomic mass is 9.91. The van der Waals surface area contributed by atoms with Crippen molar-refractivity contribution in [1.82, 2.24) is 4.90 Å². The van der Waals surface area contributed by atoms with E-state index in [4.69, 9.17) is 18.6 Å². The van der Waals surface area contributed by atoms with Gasteiger partial charge >= 0.3 is 5.63 Å². The van der Waals surface area contributed by atoms with E-state index in [9.17, 15) is 9.59 Å². The van der Waals surface area contributed by atoms with E-state index in [1.165, 1.54) is 6.07 Å². The van der Waals surface area contributed by atoms with Crippen LogP contribution in [0.15, 0.2) is 63.8 Å². The van der Waals surface area contributed by atoms with Gasteiger partial charge in [-0.3, -0.25) is 4.79 Å². The first-order chi connectivity index (χ1) is 18.3. The summed E-state index contributed by atoms with van der Waals surface area (Å²) in [4.78, 5) is 27.5. The van der Waals surface area contributed by atoms with E-state index in [-0.39, 0.29) is 18.6 Å². The average Bonchev–Trinajstić information content (AvgIpc) is 2.91. The van der Waals surface area contributed by atoms with Gasteiger partial charge in [0.2, 0.25) is 0 Å². The molecule has 0 aliphatic carbocycles. The van der Waals surface area contributed by atoms with Crippen molar-refractivity contribution in [2.75, 3.05) is 27.4 Å². The van der Waals surface area contributed by atoms with E-state index in [1.54, 1.807) is 20.3 Å². The smallest absolute Gasteiger partial charge is 0.336 e. The lowest BCUT2D eigenvalue weighted by Gasteiger charge is -2.37. The second-order valence-electron chi connectivity index (χ2n) is 9.69. The van der Waals surface area contributed by atoms with E-state index in [0.717, 1.165) is 33.2 Å². The van der Waals surface area contributed by atoms with Crippen LogP contribution in [-0.4, -0.2) is 38.2 Å². The molecule has 0 unspecified atom stereocenters. The highest BCUT2D eigenvalue weighted by Crippen LogP contribution is 2.39. The molecule has 196 valence electrons. The quantitative estimate of drug-likeness (QED) is 0.315. The Kier molecular flexibility index (Phi) is 6.85. The summed E-state index contributed by atoms with van der Waals surface area (Å²) >= 11 is 0. The highest BCUT2D eigenvalue weighted by atomic mass is 16.5. The SMILES string of the molecule is COc1cc2c(cc1OC)[C@H](COc1ccc3c(C)cc(=O)oc3c1)N(C(=O)c1ccc(C)c(C)c1)CC2. The molecule has 0 fully saturated rings. The van der Waals surface area contributed by atoms with E-state index in [1.807, 2.05) is 68.1 Å². The molecule has 1 aliphatic rings. The van der Waals surface area contributed by atoms with Crippen molar-refractivity contribution >= 4 is 16.9 Å². The third-order valence-electron chi connectivity index (χ3n) is 7.35. The van der Waals surface area contributed by atoms with E-state index in [0.29, 0.717) is 41.4 Å². The molecule has 2 heterocycles. The Morgan fingerprint density at radius 3 is 2.42 bits per heavy atom. The van der Waals surface area contributed by atoms with Gasteiger partial charge in [0.1, 0.15) is 17.9 Å². The number of fused-ring (bicyclic) bond motifs is 2. The molecule has 0 bridgehead atoms. The van der Waals surface area contributed by atoms with Crippen LogP contribution < -0.4 is 19.8 Å². The number of benzene rings is 3.